The van der Waals surface area contributed by atoms with E-state index in [1.54, 1.807) is 0 Å². The Labute approximate surface area is 107 Å². The van der Waals surface area contributed by atoms with Crippen molar-refractivity contribution in [1.29, 1.82) is 0 Å². The van der Waals surface area contributed by atoms with Crippen LogP contribution in [0.1, 0.15) is 32.2 Å². The molecular weight excluding hydrogens is 230 g/mol. The lowest BCUT2D eigenvalue weighted by Crippen LogP contribution is -2.18. The van der Waals surface area contributed by atoms with E-state index in [9.17, 15) is 0 Å². The maximum Gasteiger partial charge on any atom is 0.177 e. The Hall–Kier alpha value is -1.42. The topological polar surface area (TPSA) is 33.6 Å². The zero-order chi connectivity index (χ0) is 12.5. The van der Waals surface area contributed by atoms with Crippen molar-refractivity contribution in [3.63, 3.8) is 0 Å². The molecule has 0 saturated carbocycles. The standard InChI is InChI=1S/C13H17N3S/c1-13(2,3)11-8-15-12(17)16(11)9-10-6-4-5-7-14-10/h4-8H,9H2,1-3H3,(H,15,17). The van der Waals surface area contributed by atoms with Crippen LogP contribution in [0.25, 0.3) is 0 Å². The van der Waals surface area contributed by atoms with Crippen molar-refractivity contribution in [2.24, 2.45) is 0 Å². The first-order chi connectivity index (χ1) is 7.98. The van der Waals surface area contributed by atoms with Crippen molar-refractivity contribution in [3.05, 3.63) is 46.8 Å². The number of H-pyrrole nitrogens is 1. The highest BCUT2D eigenvalue weighted by atomic mass is 32.1. The predicted octanol–water partition coefficient (Wildman–Crippen LogP) is 3.29. The van der Waals surface area contributed by atoms with E-state index in [4.69, 9.17) is 12.2 Å². The maximum atomic E-state index is 5.32. The molecule has 90 valence electrons. The lowest BCUT2D eigenvalue weighted by atomic mass is 9.92. The lowest BCUT2D eigenvalue weighted by molar-refractivity contribution is 0.527. The summed E-state index contributed by atoms with van der Waals surface area (Å²) in [5.41, 5.74) is 2.30. The molecule has 0 spiro atoms. The van der Waals surface area contributed by atoms with Gasteiger partial charge < -0.3 is 9.55 Å². The molecule has 0 bridgehead atoms. The molecule has 0 aromatic carbocycles. The molecule has 0 amide bonds. The molecule has 0 aliphatic heterocycles. The van der Waals surface area contributed by atoms with E-state index in [1.165, 1.54) is 5.69 Å². The minimum atomic E-state index is 0.0718. The number of imidazole rings is 1. The summed E-state index contributed by atoms with van der Waals surface area (Å²) in [4.78, 5) is 7.45. The Kier molecular flexibility index (Phi) is 3.15. The summed E-state index contributed by atoms with van der Waals surface area (Å²) in [5, 5.41) is 0. The Balaban J connectivity index is 2.40. The molecule has 0 atom stereocenters. The van der Waals surface area contributed by atoms with Gasteiger partial charge in [-0.25, -0.2) is 0 Å². The highest BCUT2D eigenvalue weighted by Gasteiger charge is 2.19. The molecule has 17 heavy (non-hydrogen) atoms. The van der Waals surface area contributed by atoms with Gasteiger partial charge in [0.05, 0.1) is 12.2 Å². The average molecular weight is 247 g/mol. The van der Waals surface area contributed by atoms with Gasteiger partial charge in [-0.15, -0.1) is 0 Å². The van der Waals surface area contributed by atoms with Crippen molar-refractivity contribution >= 4 is 12.2 Å². The molecule has 2 aromatic rings. The van der Waals surface area contributed by atoms with E-state index in [0.29, 0.717) is 0 Å². The highest BCUT2D eigenvalue weighted by molar-refractivity contribution is 7.71. The van der Waals surface area contributed by atoms with Crippen LogP contribution in [-0.2, 0) is 12.0 Å². The first kappa shape index (κ1) is 12.0. The summed E-state index contributed by atoms with van der Waals surface area (Å²) < 4.78 is 2.86. The minimum Gasteiger partial charge on any atom is -0.337 e. The van der Waals surface area contributed by atoms with E-state index in [1.807, 2.05) is 30.6 Å². The van der Waals surface area contributed by atoms with Crippen LogP contribution in [0, 0.1) is 4.77 Å². The molecule has 1 N–H and O–H groups in total. The van der Waals surface area contributed by atoms with Gasteiger partial charge in [-0.2, -0.15) is 0 Å². The van der Waals surface area contributed by atoms with Gasteiger partial charge in [0, 0.05) is 23.5 Å². The number of aromatic amines is 1. The zero-order valence-electron chi connectivity index (χ0n) is 10.4. The first-order valence-corrected chi connectivity index (χ1v) is 6.08. The maximum absolute atomic E-state index is 5.32. The second-order valence-corrected chi connectivity index (χ2v) is 5.52. The van der Waals surface area contributed by atoms with Crippen LogP contribution in [0.4, 0.5) is 0 Å². The second kappa shape index (κ2) is 4.45. The fraction of sp³-hybridized carbons (Fsp3) is 0.385. The largest absolute Gasteiger partial charge is 0.337 e. The number of rotatable bonds is 2. The fourth-order valence-electron chi connectivity index (χ4n) is 1.83. The third-order valence-corrected chi connectivity index (χ3v) is 3.02. The van der Waals surface area contributed by atoms with Crippen molar-refractivity contribution in [2.75, 3.05) is 0 Å². The third-order valence-electron chi connectivity index (χ3n) is 2.68. The van der Waals surface area contributed by atoms with Crippen LogP contribution >= 0.6 is 12.2 Å². The summed E-state index contributed by atoms with van der Waals surface area (Å²) in [6.45, 7) is 7.26. The third kappa shape index (κ3) is 2.64. The van der Waals surface area contributed by atoms with Gasteiger partial charge in [-0.05, 0) is 24.4 Å². The number of pyridine rings is 1. The van der Waals surface area contributed by atoms with E-state index >= 15 is 0 Å². The van der Waals surface area contributed by atoms with Crippen molar-refractivity contribution in [2.45, 2.75) is 32.7 Å². The SMILES string of the molecule is CC(C)(C)c1c[nH]c(=S)n1Cc1ccccn1. The van der Waals surface area contributed by atoms with Crippen molar-refractivity contribution in [3.8, 4) is 0 Å². The molecule has 4 heteroatoms. The van der Waals surface area contributed by atoms with E-state index < -0.39 is 0 Å². The Morgan fingerprint density at radius 2 is 2.12 bits per heavy atom. The average Bonchev–Trinajstić information content (AvgIpc) is 2.62. The highest BCUT2D eigenvalue weighted by Crippen LogP contribution is 2.22. The quantitative estimate of drug-likeness (QED) is 0.826. The monoisotopic (exact) mass is 247 g/mol. The van der Waals surface area contributed by atoms with Crippen molar-refractivity contribution < 1.29 is 0 Å². The predicted molar refractivity (Wildman–Crippen MR) is 71.7 cm³/mol. The molecule has 0 fully saturated rings. The van der Waals surface area contributed by atoms with Crippen LogP contribution in [0.2, 0.25) is 0 Å². The number of nitrogens with zero attached hydrogens (tertiary/aromatic N) is 2. The molecule has 0 aliphatic rings. The molecule has 2 rings (SSSR count). The van der Waals surface area contributed by atoms with Gasteiger partial charge in [-0.3, -0.25) is 4.98 Å². The summed E-state index contributed by atoms with van der Waals surface area (Å²) >= 11 is 5.32. The summed E-state index contributed by atoms with van der Waals surface area (Å²) in [6, 6.07) is 5.93. The Morgan fingerprint density at radius 1 is 1.35 bits per heavy atom. The van der Waals surface area contributed by atoms with Crippen molar-refractivity contribution in [1.82, 2.24) is 14.5 Å². The van der Waals surface area contributed by atoms with Crippen LogP contribution in [-0.4, -0.2) is 14.5 Å². The molecule has 2 heterocycles. The number of hydrogen-bond acceptors (Lipinski definition) is 2. The smallest absolute Gasteiger partial charge is 0.177 e. The molecule has 0 saturated heterocycles. The Bertz CT molecular complexity index is 546. The van der Waals surface area contributed by atoms with Crippen LogP contribution in [0.15, 0.2) is 30.6 Å². The van der Waals surface area contributed by atoms with Gasteiger partial charge in [-0.1, -0.05) is 26.8 Å². The molecule has 2 aromatic heterocycles. The zero-order valence-corrected chi connectivity index (χ0v) is 11.2. The van der Waals surface area contributed by atoms with Crippen LogP contribution in [0.5, 0.6) is 0 Å². The first-order valence-electron chi connectivity index (χ1n) is 5.67. The van der Waals surface area contributed by atoms with Gasteiger partial charge in [0.1, 0.15) is 0 Å². The van der Waals surface area contributed by atoms with E-state index in [2.05, 4.69) is 35.3 Å². The Morgan fingerprint density at radius 3 is 2.71 bits per heavy atom. The van der Waals surface area contributed by atoms with E-state index in [-0.39, 0.29) is 5.41 Å². The number of aromatic nitrogens is 3. The fourth-order valence-corrected chi connectivity index (χ4v) is 2.05. The molecule has 0 unspecified atom stereocenters. The second-order valence-electron chi connectivity index (χ2n) is 5.14. The molecule has 0 aliphatic carbocycles. The van der Waals surface area contributed by atoms with E-state index in [0.717, 1.165) is 17.0 Å². The summed E-state index contributed by atoms with van der Waals surface area (Å²) in [7, 11) is 0. The normalized spacial score (nSPS) is 11.7. The number of hydrogen-bond donors (Lipinski definition) is 1. The molecule has 3 nitrogen and oxygen atoms in total. The van der Waals surface area contributed by atoms with Gasteiger partial charge in [0.25, 0.3) is 0 Å². The minimum absolute atomic E-state index is 0.0718. The van der Waals surface area contributed by atoms with Crippen LogP contribution < -0.4 is 0 Å². The van der Waals surface area contributed by atoms with Gasteiger partial charge in [0.2, 0.25) is 0 Å². The summed E-state index contributed by atoms with van der Waals surface area (Å²) in [5.74, 6) is 0. The van der Waals surface area contributed by atoms with Gasteiger partial charge in [0.15, 0.2) is 4.77 Å². The summed E-state index contributed by atoms with van der Waals surface area (Å²) in [6.07, 6.45) is 3.80. The number of nitrogens with one attached hydrogen (secondary N) is 1. The van der Waals surface area contributed by atoms with Crippen LogP contribution in [0.3, 0.4) is 0 Å². The molecule has 0 radical (unpaired) electrons. The molecular formula is C13H17N3S. The lowest BCUT2D eigenvalue weighted by Gasteiger charge is -2.20. The van der Waals surface area contributed by atoms with Gasteiger partial charge >= 0.3 is 0 Å².